The summed E-state index contributed by atoms with van der Waals surface area (Å²) in [5.41, 5.74) is 2.68. The van der Waals surface area contributed by atoms with Gasteiger partial charge in [0.1, 0.15) is 5.76 Å². The van der Waals surface area contributed by atoms with Crippen molar-refractivity contribution >= 4 is 62.7 Å². The number of carbonyl (C=O) groups is 3. The van der Waals surface area contributed by atoms with Gasteiger partial charge in [0.05, 0.1) is 14.2 Å². The Labute approximate surface area is 317 Å². The first-order valence-electron chi connectivity index (χ1n) is 17.3. The van der Waals surface area contributed by atoms with Crippen molar-refractivity contribution in [3.63, 3.8) is 0 Å². The minimum absolute atomic E-state index is 0.232. The normalized spacial score (nSPS) is 11.5. The Morgan fingerprint density at radius 3 is 1.51 bits per heavy atom. The van der Waals surface area contributed by atoms with E-state index >= 15 is 0 Å². The van der Waals surface area contributed by atoms with Crippen LogP contribution >= 0.6 is 0 Å². The van der Waals surface area contributed by atoms with Gasteiger partial charge in [0.2, 0.25) is 0 Å². The van der Waals surface area contributed by atoms with E-state index in [-0.39, 0.29) is 30.8 Å². The molecular formula is C45H38N2O8. The van der Waals surface area contributed by atoms with E-state index in [1.807, 2.05) is 84.9 Å². The van der Waals surface area contributed by atoms with Crippen LogP contribution in [0.2, 0.25) is 0 Å². The molecule has 0 fully saturated rings. The number of anilines is 2. The van der Waals surface area contributed by atoms with E-state index in [0.717, 1.165) is 27.6 Å². The number of methoxy groups -OCH3 is 2. The number of carbonyl (C=O) groups excluding carboxylic acids is 3. The molecule has 0 heterocycles. The highest BCUT2D eigenvalue weighted by atomic mass is 16.5. The van der Waals surface area contributed by atoms with Gasteiger partial charge in [0.25, 0.3) is 11.8 Å². The summed E-state index contributed by atoms with van der Waals surface area (Å²) in [7, 11) is 2.96. The molecule has 0 aliphatic heterocycles. The van der Waals surface area contributed by atoms with Crippen molar-refractivity contribution in [3.8, 4) is 23.0 Å². The number of ketones is 1. The Morgan fingerprint density at radius 1 is 0.564 bits per heavy atom. The summed E-state index contributed by atoms with van der Waals surface area (Å²) >= 11 is 0. The molecular weight excluding hydrogens is 697 g/mol. The van der Waals surface area contributed by atoms with Gasteiger partial charge in [-0.2, -0.15) is 0 Å². The van der Waals surface area contributed by atoms with E-state index in [2.05, 4.69) is 10.6 Å². The van der Waals surface area contributed by atoms with Crippen molar-refractivity contribution in [2.24, 2.45) is 0 Å². The highest BCUT2D eigenvalue weighted by Gasteiger charge is 2.12. The SMILES string of the molecule is COc1cc(/C=C/C(=O)C=C(O)/C=C/c2ccc(OCC(=O)Nc3cccc4ccccc34)c(OC)c2)ccc1OCC(=O)Nc1cccc2ccccc12. The highest BCUT2D eigenvalue weighted by Crippen LogP contribution is 2.31. The second-order valence-corrected chi connectivity index (χ2v) is 12.2. The van der Waals surface area contributed by atoms with Crippen molar-refractivity contribution in [2.45, 2.75) is 0 Å². The summed E-state index contributed by atoms with van der Waals surface area (Å²) in [5, 5.41) is 20.1. The second-order valence-electron chi connectivity index (χ2n) is 12.2. The molecule has 0 bridgehead atoms. The average Bonchev–Trinajstić information content (AvgIpc) is 3.21. The Balaban J connectivity index is 0.999. The quantitative estimate of drug-likeness (QED) is 0.0542. The number of ether oxygens (including phenoxy) is 4. The molecule has 6 rings (SSSR count). The number of aliphatic hydroxyl groups is 1. The van der Waals surface area contributed by atoms with Gasteiger partial charge in [-0.1, -0.05) is 97.1 Å². The van der Waals surface area contributed by atoms with Crippen LogP contribution in [0.1, 0.15) is 11.1 Å². The van der Waals surface area contributed by atoms with Gasteiger partial charge in [0, 0.05) is 28.2 Å². The molecule has 0 radical (unpaired) electrons. The molecule has 2 amide bonds. The van der Waals surface area contributed by atoms with Gasteiger partial charge >= 0.3 is 0 Å². The summed E-state index contributed by atoms with van der Waals surface area (Å²) in [6.45, 7) is -0.466. The van der Waals surface area contributed by atoms with Crippen molar-refractivity contribution in [3.05, 3.63) is 156 Å². The van der Waals surface area contributed by atoms with Crippen LogP contribution in [-0.4, -0.2) is 50.1 Å². The first-order valence-corrected chi connectivity index (χ1v) is 17.3. The lowest BCUT2D eigenvalue weighted by Gasteiger charge is -2.12. The molecule has 0 atom stereocenters. The van der Waals surface area contributed by atoms with E-state index in [1.54, 1.807) is 48.6 Å². The van der Waals surface area contributed by atoms with E-state index < -0.39 is 5.78 Å². The topological polar surface area (TPSA) is 132 Å². The summed E-state index contributed by atoms with van der Waals surface area (Å²) < 4.78 is 22.4. The Kier molecular flexibility index (Phi) is 12.2. The molecule has 0 saturated carbocycles. The lowest BCUT2D eigenvalue weighted by Crippen LogP contribution is -2.20. The molecule has 6 aromatic carbocycles. The molecule has 0 unspecified atom stereocenters. The molecule has 10 heteroatoms. The Morgan fingerprint density at radius 2 is 1.02 bits per heavy atom. The lowest BCUT2D eigenvalue weighted by molar-refractivity contribution is -0.118. The number of hydrogen-bond donors (Lipinski definition) is 3. The molecule has 0 aliphatic rings. The number of hydrogen-bond acceptors (Lipinski definition) is 8. The maximum absolute atomic E-state index is 12.7. The van der Waals surface area contributed by atoms with Crippen LogP contribution in [0, 0.1) is 0 Å². The third-order valence-corrected chi connectivity index (χ3v) is 8.40. The molecule has 276 valence electrons. The smallest absolute Gasteiger partial charge is 0.262 e. The largest absolute Gasteiger partial charge is 0.508 e. The molecule has 6 aromatic rings. The minimum Gasteiger partial charge on any atom is -0.508 e. The zero-order valence-corrected chi connectivity index (χ0v) is 30.2. The number of nitrogens with one attached hydrogen (secondary N) is 2. The van der Waals surface area contributed by atoms with Crippen molar-refractivity contribution in [1.29, 1.82) is 0 Å². The highest BCUT2D eigenvalue weighted by molar-refractivity contribution is 6.04. The molecule has 0 aliphatic carbocycles. The van der Waals surface area contributed by atoms with E-state index in [1.165, 1.54) is 26.4 Å². The van der Waals surface area contributed by atoms with Gasteiger partial charge < -0.3 is 34.7 Å². The van der Waals surface area contributed by atoms with E-state index in [4.69, 9.17) is 18.9 Å². The number of fused-ring (bicyclic) bond motifs is 2. The third-order valence-electron chi connectivity index (χ3n) is 8.40. The van der Waals surface area contributed by atoms with Gasteiger partial charge in [-0.25, -0.2) is 0 Å². The Hall–Kier alpha value is -7.33. The van der Waals surface area contributed by atoms with Gasteiger partial charge in [-0.15, -0.1) is 0 Å². The van der Waals surface area contributed by atoms with Gasteiger partial charge in [0.15, 0.2) is 42.0 Å². The number of aliphatic hydroxyl groups excluding tert-OH is 1. The van der Waals surface area contributed by atoms with Gasteiger partial charge in [-0.05, 0) is 70.4 Å². The first-order chi connectivity index (χ1) is 26.8. The maximum Gasteiger partial charge on any atom is 0.262 e. The predicted octanol–water partition coefficient (Wildman–Crippen LogP) is 8.78. The molecule has 10 nitrogen and oxygen atoms in total. The van der Waals surface area contributed by atoms with Crippen LogP contribution in [0.25, 0.3) is 33.7 Å². The zero-order chi connectivity index (χ0) is 38.6. The maximum atomic E-state index is 12.7. The van der Waals surface area contributed by atoms with Crippen molar-refractivity contribution in [2.75, 3.05) is 38.1 Å². The van der Waals surface area contributed by atoms with Crippen LogP contribution in [0.4, 0.5) is 11.4 Å². The molecule has 3 N–H and O–H groups in total. The fourth-order valence-electron chi connectivity index (χ4n) is 5.74. The Bertz CT molecular complexity index is 2440. The summed E-state index contributed by atoms with van der Waals surface area (Å²) in [6, 6.07) is 37.0. The monoisotopic (exact) mass is 734 g/mol. The second kappa shape index (κ2) is 17.9. The van der Waals surface area contributed by atoms with Crippen molar-refractivity contribution < 1.29 is 38.4 Å². The number of amides is 2. The fourth-order valence-corrected chi connectivity index (χ4v) is 5.74. The average molecular weight is 735 g/mol. The molecule has 0 aromatic heterocycles. The number of rotatable bonds is 15. The van der Waals surface area contributed by atoms with Crippen LogP contribution in [0.15, 0.2) is 145 Å². The van der Waals surface area contributed by atoms with Crippen LogP contribution < -0.4 is 29.6 Å². The van der Waals surface area contributed by atoms with E-state index in [0.29, 0.717) is 45.5 Å². The van der Waals surface area contributed by atoms with Crippen LogP contribution in [-0.2, 0) is 14.4 Å². The minimum atomic E-state index is -0.449. The molecule has 0 spiro atoms. The third kappa shape index (κ3) is 9.97. The standard InChI is InChI=1S/C45H38N2O8/c1-52-42-25-30(19-23-40(42)54-28-44(50)46-38-15-7-11-32-9-3-5-13-36(32)38)17-21-34(48)27-35(49)22-18-31-20-24-41(43(26-31)53-2)55-29-45(51)47-39-16-8-12-33-10-4-6-14-37(33)39/h3-27,48H,28-29H2,1-2H3,(H,46,50)(H,47,51)/b21-17+,22-18+,34-27?. The first kappa shape index (κ1) is 37.4. The van der Waals surface area contributed by atoms with Crippen LogP contribution in [0.5, 0.6) is 23.0 Å². The lowest BCUT2D eigenvalue weighted by atomic mass is 10.1. The number of allylic oxidation sites excluding steroid dienone is 3. The number of benzene rings is 6. The van der Waals surface area contributed by atoms with Crippen LogP contribution in [0.3, 0.4) is 0 Å². The zero-order valence-electron chi connectivity index (χ0n) is 30.2. The van der Waals surface area contributed by atoms with Gasteiger partial charge in [-0.3, -0.25) is 14.4 Å². The predicted molar refractivity (Wildman–Crippen MR) is 216 cm³/mol. The molecule has 0 saturated heterocycles. The fraction of sp³-hybridized carbons (Fsp3) is 0.0889. The summed E-state index contributed by atoms with van der Waals surface area (Å²) in [4.78, 5) is 37.9. The summed E-state index contributed by atoms with van der Waals surface area (Å²) in [5.74, 6) is 0.136. The molecule has 55 heavy (non-hydrogen) atoms. The summed E-state index contributed by atoms with van der Waals surface area (Å²) in [6.07, 6.45) is 6.95. The van der Waals surface area contributed by atoms with Crippen molar-refractivity contribution in [1.82, 2.24) is 0 Å². The van der Waals surface area contributed by atoms with E-state index in [9.17, 15) is 19.5 Å².